The van der Waals surface area contributed by atoms with Crippen LogP contribution < -0.4 is 0 Å². The molecule has 2 heteroatoms. The molecule has 1 aliphatic rings. The van der Waals surface area contributed by atoms with Crippen LogP contribution in [0, 0.1) is 5.92 Å². The van der Waals surface area contributed by atoms with Crippen LogP contribution >= 0.6 is 0 Å². The predicted molar refractivity (Wildman–Crippen MR) is 58.1 cm³/mol. The Kier molecular flexibility index (Phi) is 4.39. The quantitative estimate of drug-likeness (QED) is 0.732. The summed E-state index contributed by atoms with van der Waals surface area (Å²) < 4.78 is 0. The van der Waals surface area contributed by atoms with E-state index in [2.05, 4.69) is 0 Å². The van der Waals surface area contributed by atoms with E-state index in [1.807, 2.05) is 13.8 Å². The Morgan fingerprint density at radius 2 is 1.64 bits per heavy atom. The molecule has 0 aromatic rings. The lowest BCUT2D eigenvalue weighted by Gasteiger charge is -2.37. The highest BCUT2D eigenvalue weighted by Crippen LogP contribution is 2.33. The molecule has 84 valence electrons. The van der Waals surface area contributed by atoms with Crippen LogP contribution in [0.15, 0.2) is 0 Å². The monoisotopic (exact) mass is 200 g/mol. The van der Waals surface area contributed by atoms with Crippen LogP contribution in [0.4, 0.5) is 0 Å². The number of aliphatic hydroxyl groups is 2. The summed E-state index contributed by atoms with van der Waals surface area (Å²) in [6.45, 7) is 3.91. The molecule has 1 aliphatic carbocycles. The standard InChI is InChI=1S/C12H24O2/c1-3-12(14,4-2)11(13)10-8-6-5-7-9-10/h10-11,13-14H,3-9H2,1-2H3. The maximum absolute atomic E-state index is 10.2. The second kappa shape index (κ2) is 5.13. The third-order valence-electron chi connectivity index (χ3n) is 3.87. The van der Waals surface area contributed by atoms with Crippen molar-refractivity contribution in [3.05, 3.63) is 0 Å². The number of hydrogen-bond acceptors (Lipinski definition) is 2. The van der Waals surface area contributed by atoms with Crippen LogP contribution in [-0.2, 0) is 0 Å². The number of hydrogen-bond donors (Lipinski definition) is 2. The fourth-order valence-electron chi connectivity index (χ4n) is 2.56. The van der Waals surface area contributed by atoms with Crippen LogP contribution in [0.5, 0.6) is 0 Å². The molecule has 1 fully saturated rings. The summed E-state index contributed by atoms with van der Waals surface area (Å²) in [5.41, 5.74) is -0.845. The third-order valence-corrected chi connectivity index (χ3v) is 3.87. The van der Waals surface area contributed by atoms with Crippen molar-refractivity contribution in [2.24, 2.45) is 5.92 Å². The Hall–Kier alpha value is -0.0800. The predicted octanol–water partition coefficient (Wildman–Crippen LogP) is 2.48. The number of rotatable bonds is 4. The molecule has 0 heterocycles. The molecule has 0 saturated heterocycles. The minimum atomic E-state index is -0.845. The first-order chi connectivity index (χ1) is 6.64. The molecule has 0 aromatic heterocycles. The zero-order valence-electron chi connectivity index (χ0n) is 9.50. The van der Waals surface area contributed by atoms with Crippen LogP contribution in [0.3, 0.4) is 0 Å². The van der Waals surface area contributed by atoms with Crippen molar-refractivity contribution in [1.82, 2.24) is 0 Å². The highest BCUT2D eigenvalue weighted by molar-refractivity contribution is 4.89. The molecule has 1 rings (SSSR count). The van der Waals surface area contributed by atoms with Crippen molar-refractivity contribution in [3.8, 4) is 0 Å². The van der Waals surface area contributed by atoms with Gasteiger partial charge in [-0.05, 0) is 31.6 Å². The average molecular weight is 200 g/mol. The van der Waals surface area contributed by atoms with Crippen molar-refractivity contribution < 1.29 is 10.2 Å². The largest absolute Gasteiger partial charge is 0.390 e. The van der Waals surface area contributed by atoms with Gasteiger partial charge in [-0.3, -0.25) is 0 Å². The summed E-state index contributed by atoms with van der Waals surface area (Å²) in [6.07, 6.45) is 6.68. The summed E-state index contributed by atoms with van der Waals surface area (Å²) in [7, 11) is 0. The fraction of sp³-hybridized carbons (Fsp3) is 1.00. The molecule has 0 spiro atoms. The summed E-state index contributed by atoms with van der Waals surface area (Å²) in [5.74, 6) is 0.327. The molecule has 0 amide bonds. The molecule has 1 atom stereocenters. The van der Waals surface area contributed by atoms with Crippen LogP contribution in [0.1, 0.15) is 58.8 Å². The van der Waals surface area contributed by atoms with E-state index >= 15 is 0 Å². The van der Waals surface area contributed by atoms with E-state index in [9.17, 15) is 10.2 Å². The van der Waals surface area contributed by atoms with Crippen LogP contribution in [-0.4, -0.2) is 21.9 Å². The summed E-state index contributed by atoms with van der Waals surface area (Å²) in [5, 5.41) is 20.3. The van der Waals surface area contributed by atoms with Crippen molar-refractivity contribution >= 4 is 0 Å². The molecule has 1 saturated carbocycles. The average Bonchev–Trinajstić information content (AvgIpc) is 2.28. The Balaban J connectivity index is 2.56. The smallest absolute Gasteiger partial charge is 0.0902 e. The highest BCUT2D eigenvalue weighted by Gasteiger charge is 2.37. The van der Waals surface area contributed by atoms with E-state index in [-0.39, 0.29) is 0 Å². The zero-order chi connectivity index (χ0) is 10.6. The SMILES string of the molecule is CCC(O)(CC)C(O)C1CCCCC1. The molecular formula is C12H24O2. The highest BCUT2D eigenvalue weighted by atomic mass is 16.3. The first-order valence-electron chi connectivity index (χ1n) is 6.04. The van der Waals surface area contributed by atoms with E-state index < -0.39 is 11.7 Å². The van der Waals surface area contributed by atoms with E-state index in [1.54, 1.807) is 0 Å². The van der Waals surface area contributed by atoms with Gasteiger partial charge in [-0.1, -0.05) is 33.1 Å². The van der Waals surface area contributed by atoms with Crippen molar-refractivity contribution in [2.75, 3.05) is 0 Å². The summed E-state index contributed by atoms with van der Waals surface area (Å²) >= 11 is 0. The normalized spacial score (nSPS) is 22.3. The Morgan fingerprint density at radius 3 is 2.07 bits per heavy atom. The first kappa shape index (κ1) is 12.0. The lowest BCUT2D eigenvalue weighted by atomic mass is 9.76. The molecule has 1 unspecified atom stereocenters. The number of aliphatic hydroxyl groups excluding tert-OH is 1. The molecule has 0 radical (unpaired) electrons. The lowest BCUT2D eigenvalue weighted by molar-refractivity contribution is -0.110. The van der Waals surface area contributed by atoms with Gasteiger partial charge in [0, 0.05) is 0 Å². The van der Waals surface area contributed by atoms with E-state index in [1.165, 1.54) is 19.3 Å². The maximum atomic E-state index is 10.2. The third kappa shape index (κ3) is 2.48. The van der Waals surface area contributed by atoms with Crippen molar-refractivity contribution in [3.63, 3.8) is 0 Å². The molecule has 0 bridgehead atoms. The molecule has 2 nitrogen and oxygen atoms in total. The first-order valence-corrected chi connectivity index (χ1v) is 6.04. The topological polar surface area (TPSA) is 40.5 Å². The van der Waals surface area contributed by atoms with Crippen molar-refractivity contribution in [1.29, 1.82) is 0 Å². The Bertz CT molecular complexity index is 158. The maximum Gasteiger partial charge on any atom is 0.0902 e. The lowest BCUT2D eigenvalue weighted by Crippen LogP contribution is -2.46. The van der Waals surface area contributed by atoms with Gasteiger partial charge in [-0.15, -0.1) is 0 Å². The molecular weight excluding hydrogens is 176 g/mol. The summed E-state index contributed by atoms with van der Waals surface area (Å²) in [6, 6.07) is 0. The van der Waals surface area contributed by atoms with Gasteiger partial charge >= 0.3 is 0 Å². The van der Waals surface area contributed by atoms with Gasteiger partial charge in [-0.25, -0.2) is 0 Å². The Labute approximate surface area is 87.3 Å². The zero-order valence-corrected chi connectivity index (χ0v) is 9.50. The van der Waals surface area contributed by atoms with Crippen LogP contribution in [0.25, 0.3) is 0 Å². The van der Waals surface area contributed by atoms with Gasteiger partial charge in [-0.2, -0.15) is 0 Å². The fourth-order valence-corrected chi connectivity index (χ4v) is 2.56. The Morgan fingerprint density at radius 1 is 1.14 bits per heavy atom. The van der Waals surface area contributed by atoms with E-state index in [0.717, 1.165) is 12.8 Å². The van der Waals surface area contributed by atoms with Gasteiger partial charge in [0.25, 0.3) is 0 Å². The minimum absolute atomic E-state index is 0.327. The van der Waals surface area contributed by atoms with Gasteiger partial charge < -0.3 is 10.2 Å². The van der Waals surface area contributed by atoms with Gasteiger partial charge in [0.05, 0.1) is 11.7 Å². The van der Waals surface area contributed by atoms with E-state index in [4.69, 9.17) is 0 Å². The summed E-state index contributed by atoms with van der Waals surface area (Å²) in [4.78, 5) is 0. The van der Waals surface area contributed by atoms with Gasteiger partial charge in [0.15, 0.2) is 0 Å². The molecule has 14 heavy (non-hydrogen) atoms. The molecule has 2 N–H and O–H groups in total. The second-order valence-electron chi connectivity index (χ2n) is 4.65. The van der Waals surface area contributed by atoms with Gasteiger partial charge in [0.1, 0.15) is 0 Å². The van der Waals surface area contributed by atoms with Crippen molar-refractivity contribution in [2.45, 2.75) is 70.5 Å². The van der Waals surface area contributed by atoms with Crippen LogP contribution in [0.2, 0.25) is 0 Å². The van der Waals surface area contributed by atoms with E-state index in [0.29, 0.717) is 18.8 Å². The minimum Gasteiger partial charge on any atom is -0.390 e. The van der Waals surface area contributed by atoms with Gasteiger partial charge in [0.2, 0.25) is 0 Å². The second-order valence-corrected chi connectivity index (χ2v) is 4.65. The molecule has 0 aliphatic heterocycles. The molecule has 0 aromatic carbocycles.